The number of sulfonamides is 1. The van der Waals surface area contributed by atoms with Crippen molar-refractivity contribution in [3.8, 4) is 0 Å². The molecule has 106 valence electrons. The largest absolute Gasteiger partial charge is 0.465 e. The van der Waals surface area contributed by atoms with E-state index in [1.54, 1.807) is 19.3 Å². The molecule has 20 heavy (non-hydrogen) atoms. The predicted octanol–water partition coefficient (Wildman–Crippen LogP) is 1.01. The lowest BCUT2D eigenvalue weighted by Gasteiger charge is -2.06. The van der Waals surface area contributed by atoms with Gasteiger partial charge in [-0.3, -0.25) is 9.40 Å². The van der Waals surface area contributed by atoms with Gasteiger partial charge in [0, 0.05) is 19.3 Å². The Kier molecular flexibility index (Phi) is 3.75. The van der Waals surface area contributed by atoms with E-state index in [4.69, 9.17) is 0 Å². The molecule has 0 spiro atoms. The molecule has 0 saturated carbocycles. The smallest absolute Gasteiger partial charge is 0.337 e. The fourth-order valence-electron chi connectivity index (χ4n) is 1.55. The van der Waals surface area contributed by atoms with E-state index in [0.29, 0.717) is 0 Å². The van der Waals surface area contributed by atoms with E-state index in [1.165, 1.54) is 36.1 Å². The molecule has 0 aliphatic carbocycles. The first-order chi connectivity index (χ1) is 9.42. The monoisotopic (exact) mass is 295 g/mol. The molecule has 0 amide bonds. The van der Waals surface area contributed by atoms with Crippen molar-refractivity contribution in [2.24, 2.45) is 7.05 Å². The average Bonchev–Trinajstić information content (AvgIpc) is 2.82. The zero-order chi connectivity index (χ0) is 14.8. The summed E-state index contributed by atoms with van der Waals surface area (Å²) in [5.74, 6) is -0.295. The van der Waals surface area contributed by atoms with Crippen molar-refractivity contribution >= 4 is 21.8 Å². The number of carbonyl (C=O) groups excluding carboxylic acids is 1. The van der Waals surface area contributed by atoms with Gasteiger partial charge >= 0.3 is 5.97 Å². The SMILES string of the molecule is COC(=O)c1ccc(S(=O)(=O)Nc2ccn(C)n2)cc1. The van der Waals surface area contributed by atoms with Gasteiger partial charge in [-0.25, -0.2) is 13.2 Å². The van der Waals surface area contributed by atoms with E-state index in [-0.39, 0.29) is 16.3 Å². The first-order valence-corrected chi connectivity index (χ1v) is 7.11. The highest BCUT2D eigenvalue weighted by Crippen LogP contribution is 2.15. The summed E-state index contributed by atoms with van der Waals surface area (Å²) in [5.41, 5.74) is 0.282. The van der Waals surface area contributed by atoms with E-state index >= 15 is 0 Å². The van der Waals surface area contributed by atoms with Crippen LogP contribution in [0.1, 0.15) is 10.4 Å². The Morgan fingerprint density at radius 1 is 1.25 bits per heavy atom. The maximum atomic E-state index is 12.1. The number of methoxy groups -OCH3 is 1. The summed E-state index contributed by atoms with van der Waals surface area (Å²) in [7, 11) is -0.784. The minimum absolute atomic E-state index is 0.0378. The maximum Gasteiger partial charge on any atom is 0.337 e. The van der Waals surface area contributed by atoms with Crippen LogP contribution in [-0.2, 0) is 21.8 Å². The first-order valence-electron chi connectivity index (χ1n) is 5.63. The van der Waals surface area contributed by atoms with Crippen LogP contribution in [0.3, 0.4) is 0 Å². The van der Waals surface area contributed by atoms with Crippen molar-refractivity contribution < 1.29 is 17.9 Å². The van der Waals surface area contributed by atoms with Gasteiger partial charge in [0.05, 0.1) is 17.6 Å². The second-order valence-corrected chi connectivity index (χ2v) is 5.68. The molecule has 2 rings (SSSR count). The molecule has 8 heteroatoms. The van der Waals surface area contributed by atoms with Gasteiger partial charge < -0.3 is 4.74 Å². The molecule has 1 aromatic carbocycles. The fraction of sp³-hybridized carbons (Fsp3) is 0.167. The summed E-state index contributed by atoms with van der Waals surface area (Å²) in [6.07, 6.45) is 1.62. The number of nitrogens with zero attached hydrogens (tertiary/aromatic N) is 2. The van der Waals surface area contributed by atoms with Gasteiger partial charge in [-0.2, -0.15) is 5.10 Å². The molecule has 2 aromatic rings. The van der Waals surface area contributed by atoms with Gasteiger partial charge in [-0.15, -0.1) is 0 Å². The molecule has 1 N–H and O–H groups in total. The van der Waals surface area contributed by atoms with Crippen LogP contribution in [0, 0.1) is 0 Å². The summed E-state index contributed by atoms with van der Waals surface area (Å²) in [6, 6.07) is 6.98. The van der Waals surface area contributed by atoms with Crippen molar-refractivity contribution in [1.82, 2.24) is 9.78 Å². The van der Waals surface area contributed by atoms with Gasteiger partial charge in [-0.1, -0.05) is 0 Å². The number of hydrogen-bond acceptors (Lipinski definition) is 5. The maximum absolute atomic E-state index is 12.1. The Labute approximate surface area is 116 Å². The zero-order valence-electron chi connectivity index (χ0n) is 10.9. The number of aromatic nitrogens is 2. The standard InChI is InChI=1S/C12H13N3O4S/c1-15-8-7-11(13-15)14-20(17,18)10-5-3-9(4-6-10)12(16)19-2/h3-8H,1-2H3,(H,13,14). The molecular formula is C12H13N3O4S. The van der Waals surface area contributed by atoms with Crippen LogP contribution in [0.25, 0.3) is 0 Å². The molecule has 1 aromatic heterocycles. The minimum atomic E-state index is -3.73. The van der Waals surface area contributed by atoms with E-state index in [2.05, 4.69) is 14.6 Å². The Bertz CT molecular complexity index is 719. The third kappa shape index (κ3) is 2.97. The number of rotatable bonds is 4. The lowest BCUT2D eigenvalue weighted by Crippen LogP contribution is -2.14. The van der Waals surface area contributed by atoms with Gasteiger partial charge in [-0.05, 0) is 24.3 Å². The predicted molar refractivity (Wildman–Crippen MR) is 71.8 cm³/mol. The molecule has 0 radical (unpaired) electrons. The van der Waals surface area contributed by atoms with Crippen molar-refractivity contribution in [1.29, 1.82) is 0 Å². The van der Waals surface area contributed by atoms with E-state index in [9.17, 15) is 13.2 Å². The molecule has 0 unspecified atom stereocenters. The Morgan fingerprint density at radius 2 is 1.90 bits per heavy atom. The average molecular weight is 295 g/mol. The Hall–Kier alpha value is -2.35. The van der Waals surface area contributed by atoms with Crippen molar-refractivity contribution in [2.75, 3.05) is 11.8 Å². The first kappa shape index (κ1) is 14.1. The van der Waals surface area contributed by atoms with E-state index in [1.807, 2.05) is 0 Å². The number of carbonyl (C=O) groups is 1. The minimum Gasteiger partial charge on any atom is -0.465 e. The van der Waals surface area contributed by atoms with Crippen LogP contribution in [0.2, 0.25) is 0 Å². The molecule has 0 fully saturated rings. The van der Waals surface area contributed by atoms with Gasteiger partial charge in [0.15, 0.2) is 5.82 Å². The lowest BCUT2D eigenvalue weighted by molar-refractivity contribution is 0.0600. The van der Waals surface area contributed by atoms with Gasteiger partial charge in [0.1, 0.15) is 0 Å². The van der Waals surface area contributed by atoms with Crippen LogP contribution < -0.4 is 4.72 Å². The third-order valence-corrected chi connectivity index (χ3v) is 3.91. The number of aryl methyl sites for hydroxylation is 1. The van der Waals surface area contributed by atoms with Crippen LogP contribution in [-0.4, -0.2) is 31.3 Å². The molecule has 1 heterocycles. The topological polar surface area (TPSA) is 90.3 Å². The second-order valence-electron chi connectivity index (χ2n) is 4.00. The normalized spacial score (nSPS) is 11.1. The van der Waals surface area contributed by atoms with Crippen LogP contribution >= 0.6 is 0 Å². The van der Waals surface area contributed by atoms with Crippen LogP contribution in [0.15, 0.2) is 41.4 Å². The number of anilines is 1. The highest BCUT2D eigenvalue weighted by Gasteiger charge is 2.16. The number of esters is 1. The molecule has 7 nitrogen and oxygen atoms in total. The van der Waals surface area contributed by atoms with Crippen molar-refractivity contribution in [2.45, 2.75) is 4.90 Å². The third-order valence-electron chi connectivity index (χ3n) is 2.54. The number of ether oxygens (including phenoxy) is 1. The molecule has 0 aliphatic heterocycles. The molecule has 0 aliphatic rings. The van der Waals surface area contributed by atoms with Gasteiger partial charge in [0.2, 0.25) is 0 Å². The molecule has 0 bridgehead atoms. The lowest BCUT2D eigenvalue weighted by atomic mass is 10.2. The molecular weight excluding hydrogens is 282 g/mol. The number of hydrogen-bond donors (Lipinski definition) is 1. The second kappa shape index (κ2) is 5.33. The van der Waals surface area contributed by atoms with Gasteiger partial charge in [0.25, 0.3) is 10.0 Å². The summed E-state index contributed by atoms with van der Waals surface area (Å²) in [6.45, 7) is 0. The molecule has 0 atom stereocenters. The zero-order valence-corrected chi connectivity index (χ0v) is 11.7. The van der Waals surface area contributed by atoms with Crippen LogP contribution in [0.5, 0.6) is 0 Å². The summed E-state index contributed by atoms with van der Waals surface area (Å²) in [5, 5.41) is 3.93. The highest BCUT2D eigenvalue weighted by molar-refractivity contribution is 7.92. The van der Waals surface area contributed by atoms with Crippen molar-refractivity contribution in [3.63, 3.8) is 0 Å². The quantitative estimate of drug-likeness (QED) is 0.850. The Morgan fingerprint density at radius 3 is 2.40 bits per heavy atom. The number of nitrogens with one attached hydrogen (secondary N) is 1. The van der Waals surface area contributed by atoms with Crippen molar-refractivity contribution in [3.05, 3.63) is 42.1 Å². The highest BCUT2D eigenvalue weighted by atomic mass is 32.2. The molecule has 0 saturated heterocycles. The summed E-state index contributed by atoms with van der Waals surface area (Å²) < 4.78 is 32.5. The van der Waals surface area contributed by atoms with Crippen LogP contribution in [0.4, 0.5) is 5.82 Å². The summed E-state index contributed by atoms with van der Waals surface area (Å²) >= 11 is 0. The van der Waals surface area contributed by atoms with E-state index in [0.717, 1.165) is 0 Å². The summed E-state index contributed by atoms with van der Waals surface area (Å²) in [4.78, 5) is 11.3. The Balaban J connectivity index is 2.23. The number of benzene rings is 1. The fourth-order valence-corrected chi connectivity index (χ4v) is 2.55. The van der Waals surface area contributed by atoms with E-state index < -0.39 is 16.0 Å².